The zero-order valence-electron chi connectivity index (χ0n) is 11.8. The minimum absolute atomic E-state index is 0.0570. The highest BCUT2D eigenvalue weighted by Crippen LogP contribution is 2.17. The van der Waals surface area contributed by atoms with Crippen LogP contribution in [0.5, 0.6) is 5.75 Å². The van der Waals surface area contributed by atoms with E-state index in [0.717, 1.165) is 12.8 Å². The van der Waals surface area contributed by atoms with Crippen molar-refractivity contribution in [2.75, 3.05) is 0 Å². The SMILES string of the molecule is CCC[C@H](C)NC(=O)[C@@H](CC)Oc1ccc(Cl)cc1. The lowest BCUT2D eigenvalue weighted by Crippen LogP contribution is -2.42. The molecule has 0 radical (unpaired) electrons. The number of rotatable bonds is 7. The number of amides is 1. The molecule has 0 fully saturated rings. The van der Waals surface area contributed by atoms with E-state index in [2.05, 4.69) is 12.2 Å². The first-order chi connectivity index (χ1) is 9.06. The fraction of sp³-hybridized carbons (Fsp3) is 0.533. The Morgan fingerprint density at radius 3 is 2.47 bits per heavy atom. The maximum Gasteiger partial charge on any atom is 0.261 e. The van der Waals surface area contributed by atoms with Gasteiger partial charge in [0, 0.05) is 11.1 Å². The minimum Gasteiger partial charge on any atom is -0.481 e. The predicted molar refractivity (Wildman–Crippen MR) is 78.7 cm³/mol. The first-order valence-corrected chi connectivity index (χ1v) is 7.17. The lowest BCUT2D eigenvalue weighted by Gasteiger charge is -2.20. The maximum absolute atomic E-state index is 12.1. The average Bonchev–Trinajstić information content (AvgIpc) is 2.38. The molecule has 1 N–H and O–H groups in total. The Balaban J connectivity index is 2.57. The molecule has 1 aromatic carbocycles. The van der Waals surface area contributed by atoms with Gasteiger partial charge in [0.25, 0.3) is 5.91 Å². The van der Waals surface area contributed by atoms with E-state index in [0.29, 0.717) is 17.2 Å². The number of carbonyl (C=O) groups is 1. The molecule has 4 heteroatoms. The molecule has 0 heterocycles. The number of carbonyl (C=O) groups excluding carboxylic acids is 1. The van der Waals surface area contributed by atoms with Gasteiger partial charge in [0.05, 0.1) is 0 Å². The molecule has 1 rings (SSSR count). The molecule has 0 bridgehead atoms. The Morgan fingerprint density at radius 1 is 1.32 bits per heavy atom. The normalized spacial score (nSPS) is 13.7. The first-order valence-electron chi connectivity index (χ1n) is 6.79. The summed E-state index contributed by atoms with van der Waals surface area (Å²) in [4.78, 5) is 12.1. The quantitative estimate of drug-likeness (QED) is 0.826. The van der Waals surface area contributed by atoms with Gasteiger partial charge in [0.1, 0.15) is 5.75 Å². The maximum atomic E-state index is 12.1. The van der Waals surface area contributed by atoms with E-state index in [1.165, 1.54) is 0 Å². The molecule has 2 atom stereocenters. The molecule has 0 aliphatic carbocycles. The molecule has 0 spiro atoms. The van der Waals surface area contributed by atoms with Gasteiger partial charge < -0.3 is 10.1 Å². The summed E-state index contributed by atoms with van der Waals surface area (Å²) in [7, 11) is 0. The van der Waals surface area contributed by atoms with Gasteiger partial charge in [0.15, 0.2) is 6.10 Å². The van der Waals surface area contributed by atoms with Gasteiger partial charge in [0.2, 0.25) is 0 Å². The Kier molecular flexibility index (Phi) is 6.71. The second-order valence-electron chi connectivity index (χ2n) is 4.67. The van der Waals surface area contributed by atoms with Gasteiger partial charge in [-0.15, -0.1) is 0 Å². The summed E-state index contributed by atoms with van der Waals surface area (Å²) in [6.45, 7) is 6.05. The second-order valence-corrected chi connectivity index (χ2v) is 5.10. The van der Waals surface area contributed by atoms with Crippen LogP contribution < -0.4 is 10.1 Å². The molecular formula is C15H22ClNO2. The molecular weight excluding hydrogens is 262 g/mol. The highest BCUT2D eigenvalue weighted by Gasteiger charge is 2.19. The highest BCUT2D eigenvalue weighted by atomic mass is 35.5. The van der Waals surface area contributed by atoms with E-state index < -0.39 is 6.10 Å². The summed E-state index contributed by atoms with van der Waals surface area (Å²) in [5.41, 5.74) is 0. The molecule has 0 saturated heterocycles. The molecule has 19 heavy (non-hydrogen) atoms. The number of nitrogens with one attached hydrogen (secondary N) is 1. The Labute approximate surface area is 120 Å². The molecule has 0 aliphatic heterocycles. The van der Waals surface area contributed by atoms with Crippen molar-refractivity contribution in [3.8, 4) is 5.75 Å². The van der Waals surface area contributed by atoms with E-state index in [-0.39, 0.29) is 11.9 Å². The smallest absolute Gasteiger partial charge is 0.261 e. The number of benzene rings is 1. The fourth-order valence-electron chi connectivity index (χ4n) is 1.84. The molecule has 1 amide bonds. The van der Waals surface area contributed by atoms with Crippen molar-refractivity contribution in [1.82, 2.24) is 5.32 Å². The zero-order valence-corrected chi connectivity index (χ0v) is 12.5. The Hall–Kier alpha value is -1.22. The summed E-state index contributed by atoms with van der Waals surface area (Å²) in [5.74, 6) is 0.605. The molecule has 1 aromatic rings. The molecule has 3 nitrogen and oxygen atoms in total. The summed E-state index contributed by atoms with van der Waals surface area (Å²) in [6, 6.07) is 7.23. The van der Waals surface area contributed by atoms with Gasteiger partial charge >= 0.3 is 0 Å². The van der Waals surface area contributed by atoms with Crippen LogP contribution in [-0.4, -0.2) is 18.1 Å². The van der Waals surface area contributed by atoms with Crippen molar-refractivity contribution in [1.29, 1.82) is 0 Å². The van der Waals surface area contributed by atoms with Crippen LogP contribution in [-0.2, 0) is 4.79 Å². The van der Waals surface area contributed by atoms with E-state index in [1.807, 2.05) is 13.8 Å². The third-order valence-electron chi connectivity index (χ3n) is 2.87. The standard InChI is InChI=1S/C15H22ClNO2/c1-4-6-11(3)17-15(18)14(5-2)19-13-9-7-12(16)8-10-13/h7-11,14H,4-6H2,1-3H3,(H,17,18)/t11-,14+/m0/s1. The molecule has 0 unspecified atom stereocenters. The van der Waals surface area contributed by atoms with E-state index in [1.54, 1.807) is 24.3 Å². The van der Waals surface area contributed by atoms with Crippen molar-refractivity contribution in [2.24, 2.45) is 0 Å². The van der Waals surface area contributed by atoms with E-state index in [9.17, 15) is 4.79 Å². The van der Waals surface area contributed by atoms with Crippen LogP contribution in [0.15, 0.2) is 24.3 Å². The zero-order chi connectivity index (χ0) is 14.3. The number of hydrogen-bond donors (Lipinski definition) is 1. The van der Waals surface area contributed by atoms with Gasteiger partial charge in [-0.2, -0.15) is 0 Å². The van der Waals surface area contributed by atoms with Crippen molar-refractivity contribution in [3.63, 3.8) is 0 Å². The lowest BCUT2D eigenvalue weighted by atomic mass is 10.1. The number of ether oxygens (including phenoxy) is 1. The third kappa shape index (κ3) is 5.52. The van der Waals surface area contributed by atoms with Crippen LogP contribution in [0.4, 0.5) is 0 Å². The van der Waals surface area contributed by atoms with Gasteiger partial charge in [-0.1, -0.05) is 31.9 Å². The summed E-state index contributed by atoms with van der Waals surface area (Å²) >= 11 is 5.81. The van der Waals surface area contributed by atoms with Crippen molar-refractivity contribution < 1.29 is 9.53 Å². The van der Waals surface area contributed by atoms with E-state index >= 15 is 0 Å². The number of hydrogen-bond acceptors (Lipinski definition) is 2. The van der Waals surface area contributed by atoms with Crippen molar-refractivity contribution >= 4 is 17.5 Å². The summed E-state index contributed by atoms with van der Waals surface area (Å²) in [5, 5.41) is 3.63. The van der Waals surface area contributed by atoms with Crippen molar-refractivity contribution in [2.45, 2.75) is 52.2 Å². The summed E-state index contributed by atoms with van der Waals surface area (Å²) < 4.78 is 5.69. The van der Waals surface area contributed by atoms with Crippen LogP contribution in [0, 0.1) is 0 Å². The molecule has 0 saturated carbocycles. The van der Waals surface area contributed by atoms with Crippen LogP contribution in [0.25, 0.3) is 0 Å². The molecule has 0 aliphatic rings. The predicted octanol–water partition coefficient (Wildman–Crippen LogP) is 3.80. The Morgan fingerprint density at radius 2 is 1.95 bits per heavy atom. The summed E-state index contributed by atoms with van der Waals surface area (Å²) in [6.07, 6.45) is 2.20. The topological polar surface area (TPSA) is 38.3 Å². The minimum atomic E-state index is -0.458. The van der Waals surface area contributed by atoms with Gasteiger partial charge in [-0.05, 0) is 44.0 Å². The second kappa shape index (κ2) is 8.05. The number of halogens is 1. The van der Waals surface area contributed by atoms with Gasteiger partial charge in [-0.3, -0.25) is 4.79 Å². The molecule has 106 valence electrons. The van der Waals surface area contributed by atoms with Crippen LogP contribution in [0.2, 0.25) is 5.02 Å². The van der Waals surface area contributed by atoms with Crippen LogP contribution in [0.1, 0.15) is 40.0 Å². The largest absolute Gasteiger partial charge is 0.481 e. The van der Waals surface area contributed by atoms with E-state index in [4.69, 9.17) is 16.3 Å². The van der Waals surface area contributed by atoms with Crippen LogP contribution >= 0.6 is 11.6 Å². The lowest BCUT2D eigenvalue weighted by molar-refractivity contribution is -0.128. The van der Waals surface area contributed by atoms with Crippen LogP contribution in [0.3, 0.4) is 0 Å². The monoisotopic (exact) mass is 283 g/mol. The Bertz CT molecular complexity index is 392. The molecule has 0 aromatic heterocycles. The van der Waals surface area contributed by atoms with Gasteiger partial charge in [-0.25, -0.2) is 0 Å². The first kappa shape index (κ1) is 15.8. The fourth-order valence-corrected chi connectivity index (χ4v) is 1.97. The van der Waals surface area contributed by atoms with Crippen molar-refractivity contribution in [3.05, 3.63) is 29.3 Å². The highest BCUT2D eigenvalue weighted by molar-refractivity contribution is 6.30. The average molecular weight is 284 g/mol. The third-order valence-corrected chi connectivity index (χ3v) is 3.12.